The Bertz CT molecular complexity index is 593. The van der Waals surface area contributed by atoms with Crippen LogP contribution < -0.4 is 4.87 Å². The summed E-state index contributed by atoms with van der Waals surface area (Å²) in [6, 6.07) is 0. The highest BCUT2D eigenvalue weighted by Gasteiger charge is 2.56. The van der Waals surface area contributed by atoms with Crippen LogP contribution in [-0.4, -0.2) is 23.3 Å². The third kappa shape index (κ3) is 1.59. The van der Waals surface area contributed by atoms with E-state index in [0.29, 0.717) is 23.0 Å². The van der Waals surface area contributed by atoms with Crippen molar-refractivity contribution in [2.24, 2.45) is 17.8 Å². The van der Waals surface area contributed by atoms with Crippen molar-refractivity contribution in [3.05, 3.63) is 14.5 Å². The molecule has 0 spiro atoms. The quantitative estimate of drug-likeness (QED) is 0.807. The fraction of sp³-hybridized carbons (Fsp3) is 0.692. The Morgan fingerprint density at radius 1 is 1.37 bits per heavy atom. The van der Waals surface area contributed by atoms with Crippen molar-refractivity contribution in [3.8, 4) is 0 Å². The highest BCUT2D eigenvalue weighted by Crippen LogP contribution is 2.62. The molecule has 5 atom stereocenters. The first-order valence-corrected chi connectivity index (χ1v) is 8.36. The van der Waals surface area contributed by atoms with Crippen LogP contribution in [0.5, 0.6) is 0 Å². The van der Waals surface area contributed by atoms with E-state index in [-0.39, 0.29) is 16.8 Å². The summed E-state index contributed by atoms with van der Waals surface area (Å²) in [4.78, 5) is 27.6. The minimum atomic E-state index is -0.217. The summed E-state index contributed by atoms with van der Waals surface area (Å²) < 4.78 is 5.01. The predicted molar refractivity (Wildman–Crippen MR) is 73.7 cm³/mol. The van der Waals surface area contributed by atoms with E-state index >= 15 is 0 Å². The topological polar surface area (TPSA) is 59.2 Å². The van der Waals surface area contributed by atoms with Gasteiger partial charge >= 0.3 is 10.8 Å². The SMILES string of the molecule is COC(=O)[C@@H]1c2sc(=O)[nH]c2S[C@H]2[C@@H]3CC[C@H](C3)[C@@H]21. The Kier molecular flexibility index (Phi) is 2.61. The van der Waals surface area contributed by atoms with E-state index in [9.17, 15) is 9.59 Å². The lowest BCUT2D eigenvalue weighted by Gasteiger charge is -2.38. The molecule has 102 valence electrons. The van der Waals surface area contributed by atoms with Gasteiger partial charge in [-0.3, -0.25) is 9.59 Å². The standard InChI is InChI=1S/C13H15NO3S2/c1-17-12(15)8-7-5-2-3-6(4-5)9(7)18-11-10(8)19-13(16)14-11/h5-9H,2-4H2,1H3,(H,14,16)/t5-,6-,7-,8+,9+/m1/s1. The van der Waals surface area contributed by atoms with Gasteiger partial charge in [0.2, 0.25) is 0 Å². The van der Waals surface area contributed by atoms with Gasteiger partial charge in [0, 0.05) is 5.25 Å². The number of fused-ring (bicyclic) bond motifs is 6. The van der Waals surface area contributed by atoms with Crippen molar-refractivity contribution in [1.82, 2.24) is 4.98 Å². The van der Waals surface area contributed by atoms with Crippen LogP contribution in [-0.2, 0) is 9.53 Å². The van der Waals surface area contributed by atoms with Gasteiger partial charge in [-0.15, -0.1) is 11.8 Å². The zero-order chi connectivity index (χ0) is 13.1. The molecule has 19 heavy (non-hydrogen) atoms. The number of nitrogens with one attached hydrogen (secondary N) is 1. The zero-order valence-electron chi connectivity index (χ0n) is 10.5. The summed E-state index contributed by atoms with van der Waals surface area (Å²) in [6.45, 7) is 0. The van der Waals surface area contributed by atoms with Crippen LogP contribution in [0.15, 0.2) is 9.82 Å². The highest BCUT2D eigenvalue weighted by molar-refractivity contribution is 8.00. The maximum Gasteiger partial charge on any atom is 0.314 e. The molecule has 3 aliphatic rings. The number of thiazole rings is 1. The van der Waals surface area contributed by atoms with Crippen molar-refractivity contribution in [2.75, 3.05) is 7.11 Å². The van der Waals surface area contributed by atoms with Gasteiger partial charge in [-0.05, 0) is 37.0 Å². The molecule has 1 N–H and O–H groups in total. The number of hydrogen-bond donors (Lipinski definition) is 1. The minimum Gasteiger partial charge on any atom is -0.469 e. The molecule has 2 saturated carbocycles. The normalized spacial score (nSPS) is 38.9. The Balaban J connectivity index is 1.84. The highest BCUT2D eigenvalue weighted by atomic mass is 32.2. The van der Waals surface area contributed by atoms with Crippen LogP contribution in [0.2, 0.25) is 0 Å². The van der Waals surface area contributed by atoms with Gasteiger partial charge in [0.25, 0.3) is 0 Å². The molecule has 1 aromatic heterocycles. The molecule has 1 aliphatic heterocycles. The first-order valence-electron chi connectivity index (χ1n) is 6.66. The van der Waals surface area contributed by atoms with Crippen LogP contribution in [0.3, 0.4) is 0 Å². The van der Waals surface area contributed by atoms with Gasteiger partial charge < -0.3 is 9.72 Å². The maximum atomic E-state index is 12.2. The van der Waals surface area contributed by atoms with E-state index in [4.69, 9.17) is 4.74 Å². The number of esters is 1. The summed E-state index contributed by atoms with van der Waals surface area (Å²) in [5, 5.41) is 1.40. The Hall–Kier alpha value is -0.750. The molecule has 4 rings (SSSR count). The van der Waals surface area contributed by atoms with E-state index in [1.54, 1.807) is 11.8 Å². The van der Waals surface area contributed by atoms with Gasteiger partial charge in [0.1, 0.15) is 0 Å². The molecule has 0 amide bonds. The predicted octanol–water partition coefficient (Wildman–Crippen LogP) is 2.21. The van der Waals surface area contributed by atoms with Crippen molar-refractivity contribution in [2.45, 2.75) is 35.5 Å². The Morgan fingerprint density at radius 3 is 2.95 bits per heavy atom. The largest absolute Gasteiger partial charge is 0.469 e. The molecule has 1 aromatic rings. The summed E-state index contributed by atoms with van der Waals surface area (Å²) in [5.41, 5.74) is 0. The second kappa shape index (κ2) is 4.12. The molecule has 2 fully saturated rings. The molecule has 0 unspecified atom stereocenters. The second-order valence-electron chi connectivity index (χ2n) is 5.70. The summed E-state index contributed by atoms with van der Waals surface area (Å²) >= 11 is 2.98. The second-order valence-corrected chi connectivity index (χ2v) is 7.90. The number of methoxy groups -OCH3 is 1. The number of H-pyrrole nitrogens is 1. The average molecular weight is 297 g/mol. The van der Waals surface area contributed by atoms with Gasteiger partial charge in [-0.2, -0.15) is 0 Å². The van der Waals surface area contributed by atoms with Crippen LogP contribution in [0, 0.1) is 17.8 Å². The average Bonchev–Trinajstić information content (AvgIpc) is 3.07. The van der Waals surface area contributed by atoms with Crippen LogP contribution in [0.25, 0.3) is 0 Å². The van der Waals surface area contributed by atoms with Gasteiger partial charge in [-0.1, -0.05) is 11.3 Å². The molecule has 2 aliphatic carbocycles. The number of hydrogen-bond acceptors (Lipinski definition) is 5. The first-order chi connectivity index (χ1) is 9.19. The maximum absolute atomic E-state index is 12.2. The van der Waals surface area contributed by atoms with Crippen molar-refractivity contribution < 1.29 is 9.53 Å². The summed E-state index contributed by atoms with van der Waals surface area (Å²) in [7, 11) is 1.45. The van der Waals surface area contributed by atoms with Gasteiger partial charge in [-0.25, -0.2) is 0 Å². The molecule has 2 heterocycles. The third-order valence-electron chi connectivity index (χ3n) is 4.92. The molecule has 2 bridgehead atoms. The monoisotopic (exact) mass is 297 g/mol. The lowest BCUT2D eigenvalue weighted by Crippen LogP contribution is -2.37. The van der Waals surface area contributed by atoms with Crippen LogP contribution in [0.4, 0.5) is 0 Å². The number of thioether (sulfide) groups is 1. The zero-order valence-corrected chi connectivity index (χ0v) is 12.2. The van der Waals surface area contributed by atoms with E-state index < -0.39 is 0 Å². The van der Waals surface area contributed by atoms with Crippen molar-refractivity contribution in [1.29, 1.82) is 0 Å². The lowest BCUT2D eigenvalue weighted by atomic mass is 9.78. The number of aromatic amines is 1. The molecule has 4 nitrogen and oxygen atoms in total. The Morgan fingerprint density at radius 2 is 2.16 bits per heavy atom. The number of carbonyl (C=O) groups excluding carboxylic acids is 1. The fourth-order valence-corrected chi connectivity index (χ4v) is 7.09. The van der Waals surface area contributed by atoms with Crippen LogP contribution in [0.1, 0.15) is 30.1 Å². The molecule has 6 heteroatoms. The fourth-order valence-electron chi connectivity index (χ4n) is 4.24. The van der Waals surface area contributed by atoms with Crippen molar-refractivity contribution in [3.63, 3.8) is 0 Å². The van der Waals surface area contributed by atoms with E-state index in [2.05, 4.69) is 4.98 Å². The van der Waals surface area contributed by atoms with E-state index in [1.165, 1.54) is 37.7 Å². The number of aromatic nitrogens is 1. The summed E-state index contributed by atoms with van der Waals surface area (Å²) in [5.74, 6) is 1.33. The molecule has 0 radical (unpaired) electrons. The molecule has 0 saturated heterocycles. The number of rotatable bonds is 1. The van der Waals surface area contributed by atoms with Crippen molar-refractivity contribution >= 4 is 29.1 Å². The van der Waals surface area contributed by atoms with Gasteiger partial charge in [0.15, 0.2) is 0 Å². The van der Waals surface area contributed by atoms with E-state index in [0.717, 1.165) is 9.90 Å². The third-order valence-corrected chi connectivity index (χ3v) is 7.54. The first kappa shape index (κ1) is 12.0. The minimum absolute atomic E-state index is 0.0567. The van der Waals surface area contributed by atoms with Gasteiger partial charge in [0.05, 0.1) is 22.9 Å². The molecule has 0 aromatic carbocycles. The molecular formula is C13H15NO3S2. The number of ether oxygens (including phenoxy) is 1. The van der Waals surface area contributed by atoms with E-state index in [1.807, 2.05) is 0 Å². The lowest BCUT2D eigenvalue weighted by molar-refractivity contribution is -0.144. The molecular weight excluding hydrogens is 282 g/mol. The summed E-state index contributed by atoms with van der Waals surface area (Å²) in [6.07, 6.45) is 3.75. The van der Waals surface area contributed by atoms with Crippen LogP contribution >= 0.6 is 23.1 Å². The smallest absolute Gasteiger partial charge is 0.314 e. The Labute approximate surface area is 118 Å². The number of carbonyl (C=O) groups is 1.